The number of hydrogen-bond donors (Lipinski definition) is 2. The highest BCUT2D eigenvalue weighted by Gasteiger charge is 2.26. The lowest BCUT2D eigenvalue weighted by Crippen LogP contribution is -2.12. The highest BCUT2D eigenvalue weighted by Crippen LogP contribution is 2.22. The molecule has 10 heteroatoms. The van der Waals surface area contributed by atoms with Gasteiger partial charge >= 0.3 is 5.76 Å². The van der Waals surface area contributed by atoms with E-state index >= 15 is 0 Å². The van der Waals surface area contributed by atoms with E-state index in [2.05, 4.69) is 25.9 Å². The molecular formula is C10H11F2N5O2S. The van der Waals surface area contributed by atoms with Crippen molar-refractivity contribution in [3.05, 3.63) is 30.1 Å². The van der Waals surface area contributed by atoms with Crippen molar-refractivity contribution in [2.24, 2.45) is 0 Å². The Balaban J connectivity index is 2.13. The lowest BCUT2D eigenvalue weighted by molar-refractivity contribution is 0.234. The molecule has 0 saturated carbocycles. The second-order valence-electron chi connectivity index (χ2n) is 3.97. The molecule has 0 aliphatic heterocycles. The van der Waals surface area contributed by atoms with Gasteiger partial charge in [-0.15, -0.1) is 10.2 Å². The first-order valence-electron chi connectivity index (χ1n) is 5.53. The molecule has 2 N–H and O–H groups in total. The van der Waals surface area contributed by atoms with Gasteiger partial charge in [-0.05, 0) is 31.2 Å². The van der Waals surface area contributed by atoms with Gasteiger partial charge in [-0.3, -0.25) is 0 Å². The zero-order valence-electron chi connectivity index (χ0n) is 10.3. The van der Waals surface area contributed by atoms with Crippen LogP contribution in [0.15, 0.2) is 29.2 Å². The number of aromatic amines is 1. The molecular weight excluding hydrogens is 292 g/mol. The van der Waals surface area contributed by atoms with Crippen LogP contribution >= 0.6 is 0 Å². The molecule has 0 fully saturated rings. The van der Waals surface area contributed by atoms with Crippen molar-refractivity contribution in [2.45, 2.75) is 23.6 Å². The number of hydrogen-bond acceptors (Lipinski definition) is 6. The normalized spacial score (nSPS) is 13.4. The standard InChI is InChI=1S/C10H11F2N5O2S/c1-6(9-14-16-17-15-9)13-7-2-4-8(5-3-7)20(18,19)10(11)12/h2-6,10,13H,1H3,(H,14,15,16,17). The van der Waals surface area contributed by atoms with Crippen LogP contribution in [0.25, 0.3) is 0 Å². The fraction of sp³-hybridized carbons (Fsp3) is 0.300. The van der Waals surface area contributed by atoms with Gasteiger partial charge in [0, 0.05) is 5.69 Å². The van der Waals surface area contributed by atoms with Gasteiger partial charge in [-0.2, -0.15) is 14.0 Å². The first-order valence-corrected chi connectivity index (χ1v) is 7.08. The van der Waals surface area contributed by atoms with Crippen LogP contribution in [0.2, 0.25) is 0 Å². The van der Waals surface area contributed by atoms with Crippen LogP contribution in [-0.4, -0.2) is 34.8 Å². The van der Waals surface area contributed by atoms with Gasteiger partial charge in [-0.1, -0.05) is 5.21 Å². The molecule has 0 aliphatic rings. The molecule has 1 unspecified atom stereocenters. The molecule has 0 saturated heterocycles. The number of H-pyrrole nitrogens is 1. The molecule has 1 aromatic carbocycles. The minimum atomic E-state index is -4.57. The van der Waals surface area contributed by atoms with Crippen molar-refractivity contribution in [1.82, 2.24) is 20.6 Å². The van der Waals surface area contributed by atoms with Crippen LogP contribution < -0.4 is 5.32 Å². The maximum Gasteiger partial charge on any atom is 0.341 e. The Hall–Kier alpha value is -2.10. The van der Waals surface area contributed by atoms with Crippen molar-refractivity contribution >= 4 is 15.5 Å². The van der Waals surface area contributed by atoms with Gasteiger partial charge in [0.05, 0.1) is 10.9 Å². The third-order valence-electron chi connectivity index (χ3n) is 2.55. The Morgan fingerprint density at radius 3 is 2.40 bits per heavy atom. The summed E-state index contributed by atoms with van der Waals surface area (Å²) in [6.45, 7) is 1.77. The fourth-order valence-corrected chi connectivity index (χ4v) is 2.23. The zero-order valence-corrected chi connectivity index (χ0v) is 11.1. The molecule has 0 bridgehead atoms. The quantitative estimate of drug-likeness (QED) is 0.865. The molecule has 2 rings (SSSR count). The highest BCUT2D eigenvalue weighted by molar-refractivity contribution is 7.91. The summed E-state index contributed by atoms with van der Waals surface area (Å²) in [5.74, 6) is -3.01. The monoisotopic (exact) mass is 303 g/mol. The molecule has 1 aromatic heterocycles. The summed E-state index contributed by atoms with van der Waals surface area (Å²) in [4.78, 5) is -0.426. The third kappa shape index (κ3) is 2.90. The van der Waals surface area contributed by atoms with Crippen LogP contribution in [0.3, 0.4) is 0 Å². The number of benzene rings is 1. The predicted octanol–water partition coefficient (Wildman–Crippen LogP) is 1.37. The number of nitrogens with one attached hydrogen (secondary N) is 2. The average molecular weight is 303 g/mol. The number of alkyl halides is 2. The van der Waals surface area contributed by atoms with Crippen LogP contribution in [0.1, 0.15) is 18.8 Å². The van der Waals surface area contributed by atoms with Crippen molar-refractivity contribution in [2.75, 3.05) is 5.32 Å². The molecule has 0 amide bonds. The summed E-state index contributed by atoms with van der Waals surface area (Å²) in [7, 11) is -4.57. The summed E-state index contributed by atoms with van der Waals surface area (Å²) in [6, 6.07) is 4.75. The molecule has 20 heavy (non-hydrogen) atoms. The maximum atomic E-state index is 12.4. The van der Waals surface area contributed by atoms with E-state index in [-0.39, 0.29) is 6.04 Å². The number of sulfone groups is 1. The van der Waals surface area contributed by atoms with E-state index in [0.29, 0.717) is 11.5 Å². The zero-order chi connectivity index (χ0) is 14.8. The van der Waals surface area contributed by atoms with Gasteiger partial charge in [0.25, 0.3) is 0 Å². The van der Waals surface area contributed by atoms with Crippen LogP contribution in [0, 0.1) is 0 Å². The van der Waals surface area contributed by atoms with E-state index in [0.717, 1.165) is 12.1 Å². The Kier molecular flexibility index (Phi) is 3.93. The Labute approximate surface area is 113 Å². The number of aromatic nitrogens is 4. The summed E-state index contributed by atoms with van der Waals surface area (Å²) < 4.78 is 47.2. The lowest BCUT2D eigenvalue weighted by atomic mass is 10.2. The van der Waals surface area contributed by atoms with Crippen molar-refractivity contribution < 1.29 is 17.2 Å². The van der Waals surface area contributed by atoms with Crippen LogP contribution in [0.4, 0.5) is 14.5 Å². The minimum absolute atomic E-state index is 0.272. The second-order valence-corrected chi connectivity index (χ2v) is 5.88. The van der Waals surface area contributed by atoms with E-state index in [4.69, 9.17) is 0 Å². The van der Waals surface area contributed by atoms with Gasteiger partial charge in [-0.25, -0.2) is 8.42 Å². The first kappa shape index (κ1) is 14.3. The Morgan fingerprint density at radius 2 is 1.90 bits per heavy atom. The number of anilines is 1. The largest absolute Gasteiger partial charge is 0.375 e. The third-order valence-corrected chi connectivity index (χ3v) is 3.95. The predicted molar refractivity (Wildman–Crippen MR) is 65.8 cm³/mol. The van der Waals surface area contributed by atoms with Crippen LogP contribution in [-0.2, 0) is 9.84 Å². The number of nitrogens with zero attached hydrogens (tertiary/aromatic N) is 3. The highest BCUT2D eigenvalue weighted by atomic mass is 32.2. The SMILES string of the molecule is CC(Nc1ccc(S(=O)(=O)C(F)F)cc1)c1nn[nH]n1. The molecule has 7 nitrogen and oxygen atoms in total. The molecule has 0 aliphatic carbocycles. The number of tetrazole rings is 1. The lowest BCUT2D eigenvalue weighted by Gasteiger charge is -2.12. The fourth-order valence-electron chi connectivity index (χ4n) is 1.51. The second kappa shape index (κ2) is 5.49. The summed E-state index contributed by atoms with van der Waals surface area (Å²) in [6.07, 6.45) is 0. The molecule has 0 spiro atoms. The van der Waals surface area contributed by atoms with Gasteiger partial charge in [0.1, 0.15) is 0 Å². The Morgan fingerprint density at radius 1 is 1.25 bits per heavy atom. The minimum Gasteiger partial charge on any atom is -0.375 e. The van der Waals surface area contributed by atoms with E-state index in [1.807, 2.05) is 0 Å². The maximum absolute atomic E-state index is 12.4. The van der Waals surface area contributed by atoms with Gasteiger partial charge < -0.3 is 5.32 Å². The number of rotatable bonds is 5. The van der Waals surface area contributed by atoms with Crippen molar-refractivity contribution in [3.8, 4) is 0 Å². The average Bonchev–Trinajstić information content (AvgIpc) is 2.93. The summed E-state index contributed by atoms with van der Waals surface area (Å²) >= 11 is 0. The van der Waals surface area contributed by atoms with Gasteiger partial charge in [0.2, 0.25) is 9.84 Å². The number of halogens is 2. The van der Waals surface area contributed by atoms with Crippen molar-refractivity contribution in [3.63, 3.8) is 0 Å². The Bertz CT molecular complexity index is 657. The summed E-state index contributed by atoms with van der Waals surface area (Å²) in [5.41, 5.74) is 0.551. The van der Waals surface area contributed by atoms with Gasteiger partial charge in [0.15, 0.2) is 5.82 Å². The smallest absolute Gasteiger partial charge is 0.341 e. The molecule has 0 radical (unpaired) electrons. The summed E-state index contributed by atoms with van der Waals surface area (Å²) in [5, 5.41) is 16.3. The molecule has 2 aromatic rings. The molecule has 1 atom stereocenters. The van der Waals surface area contributed by atoms with Crippen LogP contribution in [0.5, 0.6) is 0 Å². The molecule has 1 heterocycles. The van der Waals surface area contributed by atoms with E-state index in [1.165, 1.54) is 12.1 Å². The van der Waals surface area contributed by atoms with Crippen molar-refractivity contribution in [1.29, 1.82) is 0 Å². The van der Waals surface area contributed by atoms with E-state index in [1.54, 1.807) is 6.92 Å². The first-order chi connectivity index (χ1) is 9.41. The van der Waals surface area contributed by atoms with E-state index < -0.39 is 20.5 Å². The van der Waals surface area contributed by atoms with E-state index in [9.17, 15) is 17.2 Å². The molecule has 108 valence electrons. The topological polar surface area (TPSA) is 101 Å².